The molecule has 6 nitrogen and oxygen atoms in total. The average Bonchev–Trinajstić information content (AvgIpc) is 3.21. The van der Waals surface area contributed by atoms with Gasteiger partial charge in [-0.25, -0.2) is 17.7 Å². The van der Waals surface area contributed by atoms with Crippen LogP contribution in [-0.4, -0.2) is 37.7 Å². The fourth-order valence-electron chi connectivity index (χ4n) is 3.57. The lowest BCUT2D eigenvalue weighted by Gasteiger charge is -2.16. The zero-order chi connectivity index (χ0) is 22.2. The number of nitrogens with zero attached hydrogens (tertiary/aromatic N) is 2. The molecule has 9 heteroatoms. The quantitative estimate of drug-likeness (QED) is 0.572. The molecule has 1 aliphatic rings. The molecule has 3 aromatic rings. The van der Waals surface area contributed by atoms with Crippen LogP contribution in [0.1, 0.15) is 34.3 Å². The molecule has 0 atom stereocenters. The molecule has 0 radical (unpaired) electrons. The van der Waals surface area contributed by atoms with E-state index in [9.17, 15) is 13.2 Å². The Morgan fingerprint density at radius 1 is 1.10 bits per heavy atom. The van der Waals surface area contributed by atoms with Crippen molar-refractivity contribution in [2.45, 2.75) is 30.6 Å². The van der Waals surface area contributed by atoms with Crippen LogP contribution < -0.4 is 5.32 Å². The van der Waals surface area contributed by atoms with Crippen LogP contribution in [0.4, 0.5) is 5.13 Å². The lowest BCUT2D eigenvalue weighted by Crippen LogP contribution is -2.23. The van der Waals surface area contributed by atoms with E-state index in [0.29, 0.717) is 5.13 Å². The van der Waals surface area contributed by atoms with Crippen molar-refractivity contribution in [2.75, 3.05) is 19.4 Å². The van der Waals surface area contributed by atoms with E-state index in [1.165, 1.54) is 67.6 Å². The number of hydrogen-bond acceptors (Lipinski definition) is 5. The van der Waals surface area contributed by atoms with Crippen molar-refractivity contribution < 1.29 is 13.2 Å². The van der Waals surface area contributed by atoms with Crippen molar-refractivity contribution in [3.8, 4) is 11.3 Å². The molecule has 1 N–H and O–H groups in total. The number of hydrogen-bond donors (Lipinski definition) is 1. The molecule has 0 bridgehead atoms. The predicted octanol–water partition coefficient (Wildman–Crippen LogP) is 4.84. The van der Waals surface area contributed by atoms with Crippen LogP contribution >= 0.6 is 22.9 Å². The lowest BCUT2D eigenvalue weighted by atomic mass is 9.90. The second-order valence-corrected chi connectivity index (χ2v) is 11.0. The van der Waals surface area contributed by atoms with Gasteiger partial charge in [0.25, 0.3) is 5.91 Å². The largest absolute Gasteiger partial charge is 0.298 e. The minimum atomic E-state index is -3.68. The van der Waals surface area contributed by atoms with Gasteiger partial charge in [-0.2, -0.15) is 0 Å². The van der Waals surface area contributed by atoms with E-state index in [1.54, 1.807) is 0 Å². The summed E-state index contributed by atoms with van der Waals surface area (Å²) in [5.41, 5.74) is 4.67. The van der Waals surface area contributed by atoms with Gasteiger partial charge in [-0.1, -0.05) is 23.7 Å². The molecule has 4 rings (SSSR count). The number of rotatable bonds is 5. The van der Waals surface area contributed by atoms with Crippen molar-refractivity contribution >= 4 is 44.0 Å². The fourth-order valence-corrected chi connectivity index (χ4v) is 5.42. The number of aryl methyl sites for hydroxylation is 2. The first-order chi connectivity index (χ1) is 14.8. The SMILES string of the molecule is CN(C)S(=O)(=O)c1ccc(Cl)c(C(=O)Nc2nc(-c3ccc4c(c3)CCCC4)cs2)c1. The topological polar surface area (TPSA) is 79.4 Å². The highest BCUT2D eigenvalue weighted by Gasteiger charge is 2.21. The lowest BCUT2D eigenvalue weighted by molar-refractivity contribution is 0.102. The number of carbonyl (C=O) groups is 1. The Bertz CT molecular complexity index is 1250. The third-order valence-corrected chi connectivity index (χ3v) is 8.23. The fraction of sp³-hybridized carbons (Fsp3) is 0.273. The standard InChI is InChI=1S/C22H22ClN3O3S2/c1-26(2)31(28,29)17-9-10-19(23)18(12-17)21(27)25-22-24-20(13-30-22)16-8-7-14-5-3-4-6-15(14)11-16/h7-13H,3-6H2,1-2H3,(H,24,25,27). The predicted molar refractivity (Wildman–Crippen MR) is 124 cm³/mol. The van der Waals surface area contributed by atoms with E-state index >= 15 is 0 Å². The van der Waals surface area contributed by atoms with Crippen LogP contribution in [0, 0.1) is 0 Å². The molecular weight excluding hydrogens is 454 g/mol. The maximum atomic E-state index is 12.8. The van der Waals surface area contributed by atoms with Crippen molar-refractivity contribution in [1.29, 1.82) is 0 Å². The summed E-state index contributed by atoms with van der Waals surface area (Å²) in [6.07, 6.45) is 4.65. The molecule has 0 fully saturated rings. The van der Waals surface area contributed by atoms with Crippen LogP contribution in [0.15, 0.2) is 46.7 Å². The van der Waals surface area contributed by atoms with Gasteiger partial charge in [-0.05, 0) is 61.1 Å². The Balaban J connectivity index is 1.56. The van der Waals surface area contributed by atoms with Crippen LogP contribution in [0.2, 0.25) is 5.02 Å². The molecule has 1 heterocycles. The first kappa shape index (κ1) is 22.0. The summed E-state index contributed by atoms with van der Waals surface area (Å²) in [6, 6.07) is 10.5. The van der Waals surface area contributed by atoms with Crippen molar-refractivity contribution in [3.05, 3.63) is 63.5 Å². The molecular formula is C22H22ClN3O3S2. The molecule has 0 unspecified atom stereocenters. The summed E-state index contributed by atoms with van der Waals surface area (Å²) >= 11 is 7.48. The molecule has 2 aromatic carbocycles. The highest BCUT2D eigenvalue weighted by molar-refractivity contribution is 7.89. The van der Waals surface area contributed by atoms with Gasteiger partial charge in [0.15, 0.2) is 5.13 Å². The number of thiazole rings is 1. The van der Waals surface area contributed by atoms with E-state index in [1.807, 2.05) is 5.38 Å². The first-order valence-corrected chi connectivity index (χ1v) is 12.6. The van der Waals surface area contributed by atoms with Crippen LogP contribution in [0.3, 0.4) is 0 Å². The normalized spacial score (nSPS) is 13.8. The second kappa shape index (κ2) is 8.70. The number of benzene rings is 2. The number of anilines is 1. The number of nitrogens with one attached hydrogen (secondary N) is 1. The molecule has 1 aliphatic carbocycles. The third-order valence-electron chi connectivity index (χ3n) is 5.33. The first-order valence-electron chi connectivity index (χ1n) is 9.87. The van der Waals surface area contributed by atoms with Gasteiger partial charge in [-0.3, -0.25) is 10.1 Å². The van der Waals surface area contributed by atoms with Crippen LogP contribution in [0.25, 0.3) is 11.3 Å². The van der Waals surface area contributed by atoms with Gasteiger partial charge >= 0.3 is 0 Å². The zero-order valence-corrected chi connectivity index (χ0v) is 19.6. The van der Waals surface area contributed by atoms with E-state index in [2.05, 4.69) is 28.5 Å². The molecule has 31 heavy (non-hydrogen) atoms. The molecule has 0 aliphatic heterocycles. The maximum Gasteiger partial charge on any atom is 0.259 e. The van der Waals surface area contributed by atoms with Crippen molar-refractivity contribution in [3.63, 3.8) is 0 Å². The number of fused-ring (bicyclic) bond motifs is 1. The molecule has 162 valence electrons. The summed E-state index contributed by atoms with van der Waals surface area (Å²) in [5, 5.41) is 5.23. The number of halogens is 1. The number of carbonyl (C=O) groups excluding carboxylic acids is 1. The Morgan fingerprint density at radius 3 is 2.58 bits per heavy atom. The summed E-state index contributed by atoms with van der Waals surface area (Å²) in [5.74, 6) is -0.507. The van der Waals surface area contributed by atoms with E-state index in [4.69, 9.17) is 11.6 Å². The average molecular weight is 476 g/mol. The summed E-state index contributed by atoms with van der Waals surface area (Å²) in [7, 11) is -0.816. The molecule has 0 saturated heterocycles. The monoisotopic (exact) mass is 475 g/mol. The van der Waals surface area contributed by atoms with E-state index in [-0.39, 0.29) is 15.5 Å². The minimum Gasteiger partial charge on any atom is -0.298 e. The molecule has 0 saturated carbocycles. The zero-order valence-electron chi connectivity index (χ0n) is 17.2. The Kier molecular flexibility index (Phi) is 6.16. The highest BCUT2D eigenvalue weighted by atomic mass is 35.5. The second-order valence-electron chi connectivity index (χ2n) is 7.61. The van der Waals surface area contributed by atoms with Crippen molar-refractivity contribution in [1.82, 2.24) is 9.29 Å². The number of aromatic nitrogens is 1. The third kappa shape index (κ3) is 4.52. The summed E-state index contributed by atoms with van der Waals surface area (Å²) < 4.78 is 25.8. The summed E-state index contributed by atoms with van der Waals surface area (Å²) in [4.78, 5) is 17.3. The molecule has 0 spiro atoms. The maximum absolute atomic E-state index is 12.8. The Hall–Kier alpha value is -2.26. The van der Waals surface area contributed by atoms with Crippen molar-refractivity contribution in [2.24, 2.45) is 0 Å². The van der Waals surface area contributed by atoms with Crippen LogP contribution in [-0.2, 0) is 22.9 Å². The van der Waals surface area contributed by atoms with E-state index in [0.717, 1.165) is 28.4 Å². The van der Waals surface area contributed by atoms with E-state index < -0.39 is 15.9 Å². The van der Waals surface area contributed by atoms with Gasteiger partial charge in [0.2, 0.25) is 10.0 Å². The summed E-state index contributed by atoms with van der Waals surface area (Å²) in [6.45, 7) is 0. The van der Waals surface area contributed by atoms with Gasteiger partial charge in [0, 0.05) is 25.0 Å². The minimum absolute atomic E-state index is 0.000868. The highest BCUT2D eigenvalue weighted by Crippen LogP contribution is 2.30. The number of sulfonamides is 1. The number of amides is 1. The molecule has 1 aromatic heterocycles. The van der Waals surface area contributed by atoms with Crippen LogP contribution in [0.5, 0.6) is 0 Å². The Morgan fingerprint density at radius 2 is 1.84 bits per heavy atom. The smallest absolute Gasteiger partial charge is 0.259 e. The molecule has 1 amide bonds. The van der Waals surface area contributed by atoms with Gasteiger partial charge in [0.05, 0.1) is 21.2 Å². The van der Waals surface area contributed by atoms with Gasteiger partial charge in [-0.15, -0.1) is 11.3 Å². The van der Waals surface area contributed by atoms with Gasteiger partial charge < -0.3 is 0 Å². The Labute approximate surface area is 190 Å². The van der Waals surface area contributed by atoms with Gasteiger partial charge in [0.1, 0.15) is 0 Å².